The number of aromatic nitrogens is 3. The highest BCUT2D eigenvalue weighted by Crippen LogP contribution is 2.41. The van der Waals surface area contributed by atoms with E-state index in [1.807, 2.05) is 48.5 Å². The second-order valence-corrected chi connectivity index (χ2v) is 9.61. The van der Waals surface area contributed by atoms with Crippen LogP contribution < -0.4 is 0 Å². The van der Waals surface area contributed by atoms with Gasteiger partial charge in [-0.1, -0.05) is 59.1 Å². The van der Waals surface area contributed by atoms with Gasteiger partial charge in [0.15, 0.2) is 5.60 Å². The average molecular weight is 513 g/mol. The van der Waals surface area contributed by atoms with E-state index in [0.717, 1.165) is 5.56 Å². The van der Waals surface area contributed by atoms with Gasteiger partial charge in [-0.05, 0) is 41.5 Å². The number of halogens is 3. The zero-order chi connectivity index (χ0) is 23.0. The van der Waals surface area contributed by atoms with Crippen LogP contribution in [0.15, 0.2) is 78.7 Å². The van der Waals surface area contributed by atoms with Crippen LogP contribution in [-0.2, 0) is 12.0 Å². The minimum atomic E-state index is -1.44. The van der Waals surface area contributed by atoms with E-state index < -0.39 is 5.60 Å². The standard InChI is InChI=1S/C25H16Cl3N3OS/c26-18-6-3-15(4-7-18)10-20-23(27)19-11-16(5-8-21(19)31-24(20)28)25(32,22-13-30-14-33-22)17-2-1-9-29-12-17/h1-9,11-14,32H,10H2. The van der Waals surface area contributed by atoms with Crippen molar-refractivity contribution in [2.45, 2.75) is 12.0 Å². The van der Waals surface area contributed by atoms with Crippen LogP contribution in [0.4, 0.5) is 0 Å². The molecule has 3 heterocycles. The fraction of sp³-hybridized carbons (Fsp3) is 0.0800. The lowest BCUT2D eigenvalue weighted by Gasteiger charge is -2.28. The number of thiazole rings is 1. The van der Waals surface area contributed by atoms with Crippen molar-refractivity contribution < 1.29 is 5.11 Å². The summed E-state index contributed by atoms with van der Waals surface area (Å²) in [6.45, 7) is 0. The Labute approximate surface area is 209 Å². The molecule has 1 unspecified atom stereocenters. The first-order valence-corrected chi connectivity index (χ1v) is 12.0. The Hall–Kier alpha value is -2.54. The molecule has 0 amide bonds. The van der Waals surface area contributed by atoms with Gasteiger partial charge in [0.25, 0.3) is 0 Å². The number of nitrogens with zero attached hydrogens (tertiary/aromatic N) is 3. The predicted molar refractivity (Wildman–Crippen MR) is 134 cm³/mol. The summed E-state index contributed by atoms with van der Waals surface area (Å²) in [5.41, 5.74) is 3.89. The smallest absolute Gasteiger partial charge is 0.152 e. The maximum absolute atomic E-state index is 12.0. The number of fused-ring (bicyclic) bond motifs is 1. The van der Waals surface area contributed by atoms with Crippen molar-refractivity contribution in [3.05, 3.63) is 121 Å². The molecule has 0 aliphatic heterocycles. The minimum absolute atomic E-state index is 0.347. The van der Waals surface area contributed by atoms with Gasteiger partial charge in [0.2, 0.25) is 0 Å². The van der Waals surface area contributed by atoms with Crippen LogP contribution in [0.5, 0.6) is 0 Å². The van der Waals surface area contributed by atoms with Gasteiger partial charge in [-0.3, -0.25) is 9.97 Å². The molecule has 0 saturated heterocycles. The van der Waals surface area contributed by atoms with Crippen molar-refractivity contribution >= 4 is 57.0 Å². The molecule has 1 atom stereocenters. The third kappa shape index (κ3) is 4.12. The number of pyridine rings is 2. The number of hydrogen-bond acceptors (Lipinski definition) is 5. The van der Waals surface area contributed by atoms with Crippen LogP contribution in [0.1, 0.15) is 27.1 Å². The fourth-order valence-corrected chi connectivity index (χ4v) is 5.34. The molecule has 5 rings (SSSR count). The number of rotatable bonds is 5. The molecule has 0 spiro atoms. The first kappa shape index (κ1) is 22.3. The summed E-state index contributed by atoms with van der Waals surface area (Å²) in [6.07, 6.45) is 5.49. The molecule has 0 aliphatic rings. The monoisotopic (exact) mass is 511 g/mol. The summed E-state index contributed by atoms with van der Waals surface area (Å²) in [5.74, 6) is 0. The molecule has 8 heteroatoms. The van der Waals surface area contributed by atoms with E-state index in [1.54, 1.807) is 30.2 Å². The molecule has 1 N–H and O–H groups in total. The molecule has 5 aromatic rings. The van der Waals surface area contributed by atoms with Gasteiger partial charge in [0.1, 0.15) is 5.15 Å². The summed E-state index contributed by atoms with van der Waals surface area (Å²) in [6, 6.07) is 16.7. The number of benzene rings is 2. The Bertz CT molecular complexity index is 1430. The SMILES string of the molecule is OC(c1cccnc1)(c1ccc2nc(Cl)c(Cc3ccc(Cl)cc3)c(Cl)c2c1)c1cncs1. The number of hydrogen-bond donors (Lipinski definition) is 1. The van der Waals surface area contributed by atoms with Gasteiger partial charge in [0, 0.05) is 46.5 Å². The van der Waals surface area contributed by atoms with Crippen molar-refractivity contribution in [2.75, 3.05) is 0 Å². The van der Waals surface area contributed by atoms with Crippen LogP contribution in [0.2, 0.25) is 15.2 Å². The van der Waals surface area contributed by atoms with E-state index in [9.17, 15) is 5.11 Å². The summed E-state index contributed by atoms with van der Waals surface area (Å²) in [4.78, 5) is 13.6. The van der Waals surface area contributed by atoms with Crippen LogP contribution in [0.3, 0.4) is 0 Å². The normalized spacial score (nSPS) is 13.2. The molecule has 0 saturated carbocycles. The summed E-state index contributed by atoms with van der Waals surface area (Å²) in [5, 5.41) is 14.2. The van der Waals surface area contributed by atoms with Gasteiger partial charge in [-0.15, -0.1) is 11.3 Å². The third-order valence-corrected chi connectivity index (χ3v) is 7.42. The second kappa shape index (κ2) is 9.01. The summed E-state index contributed by atoms with van der Waals surface area (Å²) < 4.78 is 0. The zero-order valence-electron chi connectivity index (χ0n) is 17.0. The molecule has 2 aromatic carbocycles. The highest BCUT2D eigenvalue weighted by atomic mass is 35.5. The summed E-state index contributed by atoms with van der Waals surface area (Å²) >= 11 is 20.8. The Morgan fingerprint density at radius 3 is 2.42 bits per heavy atom. The molecule has 33 heavy (non-hydrogen) atoms. The highest BCUT2D eigenvalue weighted by molar-refractivity contribution is 7.09. The fourth-order valence-electron chi connectivity index (χ4n) is 3.84. The lowest BCUT2D eigenvalue weighted by atomic mass is 9.85. The van der Waals surface area contributed by atoms with E-state index in [4.69, 9.17) is 34.8 Å². The van der Waals surface area contributed by atoms with E-state index in [-0.39, 0.29) is 0 Å². The Balaban J connectivity index is 1.67. The van der Waals surface area contributed by atoms with Crippen molar-refractivity contribution in [3.63, 3.8) is 0 Å². The van der Waals surface area contributed by atoms with E-state index in [1.165, 1.54) is 11.3 Å². The maximum atomic E-state index is 12.0. The predicted octanol–water partition coefficient (Wildman–Crippen LogP) is 6.92. The molecule has 0 bridgehead atoms. The lowest BCUT2D eigenvalue weighted by molar-refractivity contribution is 0.129. The quantitative estimate of drug-likeness (QED) is 0.260. The molecule has 4 nitrogen and oxygen atoms in total. The Morgan fingerprint density at radius 1 is 0.909 bits per heavy atom. The zero-order valence-corrected chi connectivity index (χ0v) is 20.1. The van der Waals surface area contributed by atoms with E-state index in [0.29, 0.717) is 54.1 Å². The van der Waals surface area contributed by atoms with Crippen LogP contribution in [0.25, 0.3) is 10.9 Å². The molecule has 3 aromatic heterocycles. The van der Waals surface area contributed by atoms with E-state index >= 15 is 0 Å². The first-order chi connectivity index (χ1) is 16.0. The molecular formula is C25H16Cl3N3OS. The summed E-state index contributed by atoms with van der Waals surface area (Å²) in [7, 11) is 0. The van der Waals surface area contributed by atoms with Gasteiger partial charge in [-0.25, -0.2) is 4.98 Å². The third-order valence-electron chi connectivity index (χ3n) is 5.55. The lowest BCUT2D eigenvalue weighted by Crippen LogP contribution is -2.28. The average Bonchev–Trinajstić information content (AvgIpc) is 3.38. The Morgan fingerprint density at radius 2 is 1.73 bits per heavy atom. The first-order valence-electron chi connectivity index (χ1n) is 10.0. The van der Waals surface area contributed by atoms with Gasteiger partial charge >= 0.3 is 0 Å². The van der Waals surface area contributed by atoms with Gasteiger partial charge < -0.3 is 5.11 Å². The van der Waals surface area contributed by atoms with Crippen molar-refractivity contribution in [1.29, 1.82) is 0 Å². The van der Waals surface area contributed by atoms with Crippen LogP contribution in [-0.4, -0.2) is 20.1 Å². The van der Waals surface area contributed by atoms with Crippen molar-refractivity contribution in [3.8, 4) is 0 Å². The Kier molecular flexibility index (Phi) is 6.08. The highest BCUT2D eigenvalue weighted by Gasteiger charge is 2.36. The van der Waals surface area contributed by atoms with Gasteiger partial charge in [-0.2, -0.15) is 0 Å². The molecule has 0 radical (unpaired) electrons. The van der Waals surface area contributed by atoms with Gasteiger partial charge in [0.05, 0.1) is 20.9 Å². The molecule has 0 aliphatic carbocycles. The maximum Gasteiger partial charge on any atom is 0.152 e. The van der Waals surface area contributed by atoms with Crippen molar-refractivity contribution in [1.82, 2.24) is 15.0 Å². The van der Waals surface area contributed by atoms with Crippen LogP contribution >= 0.6 is 46.1 Å². The molecular weight excluding hydrogens is 497 g/mol. The largest absolute Gasteiger partial charge is 0.375 e. The topological polar surface area (TPSA) is 58.9 Å². The minimum Gasteiger partial charge on any atom is -0.375 e. The molecule has 0 fully saturated rings. The van der Waals surface area contributed by atoms with Crippen molar-refractivity contribution in [2.24, 2.45) is 0 Å². The molecule has 164 valence electrons. The number of aliphatic hydroxyl groups is 1. The second-order valence-electron chi connectivity index (χ2n) is 7.55. The van der Waals surface area contributed by atoms with Crippen LogP contribution in [0, 0.1) is 0 Å². The van der Waals surface area contributed by atoms with E-state index in [2.05, 4.69) is 15.0 Å².